The molecule has 0 bridgehead atoms. The highest BCUT2D eigenvalue weighted by Crippen LogP contribution is 2.33. The zero-order valence-corrected chi connectivity index (χ0v) is 9.49. The minimum atomic E-state index is -0.666. The smallest absolute Gasteiger partial charge is 0.261 e. The first kappa shape index (κ1) is 10.9. The molecule has 1 amide bonds. The van der Waals surface area contributed by atoms with E-state index in [0.717, 1.165) is 0 Å². The van der Waals surface area contributed by atoms with E-state index in [1.807, 2.05) is 0 Å². The van der Waals surface area contributed by atoms with Crippen LogP contribution < -0.4 is 0 Å². The number of allylic oxidation sites excluding steroid dienone is 1. The van der Waals surface area contributed by atoms with Crippen LogP contribution in [0.3, 0.4) is 0 Å². The Kier molecular flexibility index (Phi) is 2.78. The maximum absolute atomic E-state index is 11.6. The second kappa shape index (κ2) is 4.09. The van der Waals surface area contributed by atoms with Crippen LogP contribution in [-0.4, -0.2) is 32.2 Å². The van der Waals surface area contributed by atoms with Crippen LogP contribution in [0.1, 0.15) is 0 Å². The molecule has 2 aliphatic rings. The van der Waals surface area contributed by atoms with E-state index < -0.39 is 5.92 Å². The SMILES string of the molecule is COC1=CC2=NC=NC(=O)C2C(Cl)=C1OC. The molecule has 0 saturated heterocycles. The summed E-state index contributed by atoms with van der Waals surface area (Å²) >= 11 is 6.08. The molecule has 1 unspecified atom stereocenters. The van der Waals surface area contributed by atoms with Gasteiger partial charge in [-0.25, -0.2) is 9.98 Å². The van der Waals surface area contributed by atoms with Crippen LogP contribution >= 0.6 is 11.6 Å². The molecule has 0 radical (unpaired) electrons. The Bertz CT molecular complexity index is 463. The van der Waals surface area contributed by atoms with E-state index in [4.69, 9.17) is 21.1 Å². The van der Waals surface area contributed by atoms with Crippen molar-refractivity contribution in [3.63, 3.8) is 0 Å². The van der Waals surface area contributed by atoms with E-state index in [0.29, 0.717) is 17.2 Å². The Balaban J connectivity index is 2.53. The molecule has 1 aliphatic carbocycles. The first-order chi connectivity index (χ1) is 7.69. The summed E-state index contributed by atoms with van der Waals surface area (Å²) in [6.07, 6.45) is 2.83. The minimum Gasteiger partial charge on any atom is -0.493 e. The van der Waals surface area contributed by atoms with Crippen LogP contribution in [0.5, 0.6) is 0 Å². The number of aliphatic imine (C=N–C) groups is 2. The van der Waals surface area contributed by atoms with Crippen LogP contribution in [0.2, 0.25) is 0 Å². The Morgan fingerprint density at radius 3 is 2.75 bits per heavy atom. The third-order valence-electron chi connectivity index (χ3n) is 2.33. The highest BCUT2D eigenvalue weighted by Gasteiger charge is 2.36. The third-order valence-corrected chi connectivity index (χ3v) is 2.72. The molecule has 5 nitrogen and oxygen atoms in total. The lowest BCUT2D eigenvalue weighted by molar-refractivity contribution is -0.118. The number of halogens is 1. The molecule has 0 aromatic heterocycles. The van der Waals surface area contributed by atoms with Gasteiger partial charge in [0.15, 0.2) is 11.5 Å². The first-order valence-corrected chi connectivity index (χ1v) is 4.90. The van der Waals surface area contributed by atoms with Crippen molar-refractivity contribution in [2.45, 2.75) is 0 Å². The highest BCUT2D eigenvalue weighted by molar-refractivity contribution is 6.37. The van der Waals surface area contributed by atoms with Crippen molar-refractivity contribution >= 4 is 29.6 Å². The van der Waals surface area contributed by atoms with Crippen LogP contribution in [-0.2, 0) is 14.3 Å². The predicted molar refractivity (Wildman–Crippen MR) is 59.4 cm³/mol. The average molecular weight is 241 g/mol. The first-order valence-electron chi connectivity index (χ1n) is 4.52. The molecular weight excluding hydrogens is 232 g/mol. The van der Waals surface area contributed by atoms with Gasteiger partial charge in [0.05, 0.1) is 25.0 Å². The molecular formula is C10H9ClN2O3. The fourth-order valence-corrected chi connectivity index (χ4v) is 1.96. The van der Waals surface area contributed by atoms with E-state index in [1.165, 1.54) is 20.6 Å². The summed E-state index contributed by atoms with van der Waals surface area (Å²) in [7, 11) is 2.96. The molecule has 16 heavy (non-hydrogen) atoms. The quantitative estimate of drug-likeness (QED) is 0.730. The van der Waals surface area contributed by atoms with Crippen molar-refractivity contribution < 1.29 is 14.3 Å². The van der Waals surface area contributed by atoms with Gasteiger partial charge in [-0.1, -0.05) is 11.6 Å². The molecule has 84 valence electrons. The van der Waals surface area contributed by atoms with Gasteiger partial charge in [0, 0.05) is 6.08 Å². The van der Waals surface area contributed by atoms with Gasteiger partial charge < -0.3 is 9.47 Å². The Hall–Kier alpha value is -1.62. The number of carbonyl (C=O) groups excluding carboxylic acids is 1. The lowest BCUT2D eigenvalue weighted by Gasteiger charge is -2.23. The van der Waals surface area contributed by atoms with Crippen molar-refractivity contribution in [2.24, 2.45) is 15.9 Å². The molecule has 0 aromatic carbocycles. The van der Waals surface area contributed by atoms with E-state index in [2.05, 4.69) is 9.98 Å². The second-order valence-corrected chi connectivity index (χ2v) is 3.57. The Morgan fingerprint density at radius 2 is 2.12 bits per heavy atom. The second-order valence-electron chi connectivity index (χ2n) is 3.16. The van der Waals surface area contributed by atoms with Gasteiger partial charge in [-0.05, 0) is 0 Å². The number of carbonyl (C=O) groups is 1. The summed E-state index contributed by atoms with van der Waals surface area (Å²) in [5.41, 5.74) is 0.516. The van der Waals surface area contributed by atoms with Gasteiger partial charge in [-0.2, -0.15) is 0 Å². The molecule has 0 fully saturated rings. The molecule has 2 rings (SSSR count). The normalized spacial score (nSPS) is 23.7. The molecule has 0 saturated carbocycles. The van der Waals surface area contributed by atoms with E-state index in [9.17, 15) is 4.79 Å². The Labute approximate surface area is 97.1 Å². The summed E-state index contributed by atoms with van der Waals surface area (Å²) in [5, 5.41) is 0.252. The van der Waals surface area contributed by atoms with Gasteiger partial charge in [0.2, 0.25) is 0 Å². The topological polar surface area (TPSA) is 60.2 Å². The number of methoxy groups -OCH3 is 2. The van der Waals surface area contributed by atoms with E-state index >= 15 is 0 Å². The minimum absolute atomic E-state index is 0.252. The van der Waals surface area contributed by atoms with Crippen molar-refractivity contribution in [2.75, 3.05) is 14.2 Å². The average Bonchev–Trinajstić information content (AvgIpc) is 2.28. The number of hydrogen-bond acceptors (Lipinski definition) is 4. The van der Waals surface area contributed by atoms with Gasteiger partial charge >= 0.3 is 0 Å². The van der Waals surface area contributed by atoms with Crippen LogP contribution in [0.4, 0.5) is 0 Å². The molecule has 0 aromatic rings. The fraction of sp³-hybridized carbons (Fsp3) is 0.300. The fourth-order valence-electron chi connectivity index (χ4n) is 1.59. The summed E-state index contributed by atoms with van der Waals surface area (Å²) in [5.74, 6) is -0.222. The molecule has 1 aliphatic heterocycles. The number of amides is 1. The number of fused-ring (bicyclic) bond motifs is 1. The van der Waals surface area contributed by atoms with Gasteiger partial charge in [-0.15, -0.1) is 0 Å². The van der Waals surface area contributed by atoms with Crippen molar-refractivity contribution in [1.29, 1.82) is 0 Å². The van der Waals surface area contributed by atoms with E-state index in [1.54, 1.807) is 6.08 Å². The summed E-state index contributed by atoms with van der Waals surface area (Å²) in [6.45, 7) is 0. The largest absolute Gasteiger partial charge is 0.493 e. The van der Waals surface area contributed by atoms with Crippen molar-refractivity contribution in [3.8, 4) is 0 Å². The maximum atomic E-state index is 11.6. The standard InChI is InChI=1S/C10H9ClN2O3/c1-15-6-3-5-7(8(11)9(6)16-2)10(14)13-4-12-5/h3-4,7H,1-2H3. The summed E-state index contributed by atoms with van der Waals surface area (Å²) < 4.78 is 10.2. The lowest BCUT2D eigenvalue weighted by Crippen LogP contribution is -2.29. The third kappa shape index (κ3) is 1.53. The molecule has 0 N–H and O–H groups in total. The maximum Gasteiger partial charge on any atom is 0.261 e. The molecule has 0 spiro atoms. The summed E-state index contributed by atoms with van der Waals surface area (Å²) in [6, 6.07) is 0. The van der Waals surface area contributed by atoms with Crippen molar-refractivity contribution in [1.82, 2.24) is 0 Å². The van der Waals surface area contributed by atoms with Gasteiger partial charge in [-0.3, -0.25) is 4.79 Å². The zero-order chi connectivity index (χ0) is 11.7. The Morgan fingerprint density at radius 1 is 1.38 bits per heavy atom. The predicted octanol–water partition coefficient (Wildman–Crippen LogP) is 1.25. The monoisotopic (exact) mass is 240 g/mol. The molecule has 1 atom stereocenters. The van der Waals surface area contributed by atoms with E-state index in [-0.39, 0.29) is 10.9 Å². The van der Waals surface area contributed by atoms with Gasteiger partial charge in [0.1, 0.15) is 12.3 Å². The number of hydrogen-bond donors (Lipinski definition) is 0. The molecule has 1 heterocycles. The zero-order valence-electron chi connectivity index (χ0n) is 8.73. The highest BCUT2D eigenvalue weighted by atomic mass is 35.5. The van der Waals surface area contributed by atoms with Crippen LogP contribution in [0, 0.1) is 5.92 Å². The lowest BCUT2D eigenvalue weighted by atomic mass is 9.94. The van der Waals surface area contributed by atoms with Crippen LogP contribution in [0.25, 0.3) is 0 Å². The van der Waals surface area contributed by atoms with Gasteiger partial charge in [0.25, 0.3) is 5.91 Å². The number of nitrogens with zero attached hydrogens (tertiary/aromatic N) is 2. The molecule has 6 heteroatoms. The summed E-state index contributed by atoms with van der Waals surface area (Å²) in [4.78, 5) is 19.2. The van der Waals surface area contributed by atoms with Crippen molar-refractivity contribution in [3.05, 3.63) is 22.6 Å². The number of ether oxygens (including phenoxy) is 2. The number of rotatable bonds is 2. The van der Waals surface area contributed by atoms with Crippen LogP contribution in [0.15, 0.2) is 32.6 Å².